The molecular formula is C20H39P. The SMILES string of the molecule is CC(C)[C@H]1CC[C@H](C)CC1PC1C[C@H](C)CC[C@H]1C(C)C. The number of hydrogen-bond donors (Lipinski definition) is 0. The van der Waals surface area contributed by atoms with Gasteiger partial charge in [-0.05, 0) is 72.5 Å². The van der Waals surface area contributed by atoms with Crippen LogP contribution in [0.15, 0.2) is 0 Å². The van der Waals surface area contributed by atoms with Gasteiger partial charge in [0.1, 0.15) is 0 Å². The summed E-state index contributed by atoms with van der Waals surface area (Å²) in [7, 11) is 1.25. The fraction of sp³-hybridized carbons (Fsp3) is 1.00. The molecule has 0 bridgehead atoms. The lowest BCUT2D eigenvalue weighted by atomic mass is 9.76. The van der Waals surface area contributed by atoms with E-state index in [4.69, 9.17) is 0 Å². The van der Waals surface area contributed by atoms with Gasteiger partial charge in [0, 0.05) is 0 Å². The van der Waals surface area contributed by atoms with E-state index in [1.54, 1.807) is 0 Å². The van der Waals surface area contributed by atoms with Gasteiger partial charge in [0.05, 0.1) is 0 Å². The summed E-state index contributed by atoms with van der Waals surface area (Å²) in [6.45, 7) is 14.9. The zero-order valence-electron chi connectivity index (χ0n) is 15.4. The van der Waals surface area contributed by atoms with Crippen molar-refractivity contribution in [3.05, 3.63) is 0 Å². The van der Waals surface area contributed by atoms with Crippen molar-refractivity contribution in [3.8, 4) is 0 Å². The molecule has 0 aliphatic heterocycles. The summed E-state index contributed by atoms with van der Waals surface area (Å²) in [4.78, 5) is 0. The maximum atomic E-state index is 2.50. The van der Waals surface area contributed by atoms with Gasteiger partial charge >= 0.3 is 0 Å². The van der Waals surface area contributed by atoms with Crippen molar-refractivity contribution in [2.75, 3.05) is 0 Å². The van der Waals surface area contributed by atoms with Crippen LogP contribution in [-0.2, 0) is 0 Å². The molecule has 0 heterocycles. The molecule has 2 aliphatic carbocycles. The van der Waals surface area contributed by atoms with Crippen molar-refractivity contribution in [2.24, 2.45) is 35.5 Å². The Kier molecular flexibility index (Phi) is 6.61. The first-order valence-corrected chi connectivity index (χ1v) is 10.8. The lowest BCUT2D eigenvalue weighted by Crippen LogP contribution is -2.35. The number of hydrogen-bond acceptors (Lipinski definition) is 0. The van der Waals surface area contributed by atoms with Crippen molar-refractivity contribution in [1.29, 1.82) is 0 Å². The van der Waals surface area contributed by atoms with Gasteiger partial charge in [-0.2, -0.15) is 0 Å². The Balaban J connectivity index is 2.04. The maximum Gasteiger partial charge on any atom is -0.0201 e. The van der Waals surface area contributed by atoms with E-state index in [9.17, 15) is 0 Å². The van der Waals surface area contributed by atoms with Gasteiger partial charge in [0.15, 0.2) is 0 Å². The van der Waals surface area contributed by atoms with Crippen molar-refractivity contribution in [2.45, 2.75) is 91.4 Å². The van der Waals surface area contributed by atoms with Gasteiger partial charge in [-0.1, -0.05) is 54.4 Å². The van der Waals surface area contributed by atoms with Crippen molar-refractivity contribution < 1.29 is 0 Å². The molecule has 0 aromatic heterocycles. The predicted octanol–water partition coefficient (Wildman–Crippen LogP) is 6.59. The van der Waals surface area contributed by atoms with Gasteiger partial charge in [-0.25, -0.2) is 0 Å². The quantitative estimate of drug-likeness (QED) is 0.514. The zero-order chi connectivity index (χ0) is 15.6. The number of rotatable bonds is 4. The minimum Gasteiger partial charge on any atom is -0.115 e. The Morgan fingerprint density at radius 1 is 0.667 bits per heavy atom. The average Bonchev–Trinajstić information content (AvgIpc) is 2.38. The van der Waals surface area contributed by atoms with Gasteiger partial charge in [-0.15, -0.1) is 8.58 Å². The molecule has 0 saturated heterocycles. The van der Waals surface area contributed by atoms with E-state index in [-0.39, 0.29) is 0 Å². The van der Waals surface area contributed by atoms with Crippen LogP contribution >= 0.6 is 8.58 Å². The van der Waals surface area contributed by atoms with Crippen LogP contribution in [0.3, 0.4) is 0 Å². The molecule has 1 heteroatoms. The lowest BCUT2D eigenvalue weighted by molar-refractivity contribution is 0.226. The van der Waals surface area contributed by atoms with Crippen LogP contribution in [0.2, 0.25) is 0 Å². The molecule has 0 radical (unpaired) electrons. The Morgan fingerprint density at radius 2 is 1.05 bits per heavy atom. The van der Waals surface area contributed by atoms with Crippen LogP contribution < -0.4 is 0 Å². The summed E-state index contributed by atoms with van der Waals surface area (Å²) in [6.07, 6.45) is 9.03. The third-order valence-electron chi connectivity index (χ3n) is 6.47. The summed E-state index contributed by atoms with van der Waals surface area (Å²) in [5.41, 5.74) is 2.09. The zero-order valence-corrected chi connectivity index (χ0v) is 16.4. The van der Waals surface area contributed by atoms with Crippen LogP contribution in [0, 0.1) is 35.5 Å². The first kappa shape index (κ1) is 17.8. The molecule has 2 saturated carbocycles. The fourth-order valence-corrected chi connectivity index (χ4v) is 8.29. The molecule has 2 rings (SSSR count). The maximum absolute atomic E-state index is 2.50. The van der Waals surface area contributed by atoms with Crippen LogP contribution in [0.5, 0.6) is 0 Å². The van der Waals surface area contributed by atoms with E-state index < -0.39 is 0 Å². The Morgan fingerprint density at radius 3 is 1.38 bits per heavy atom. The van der Waals surface area contributed by atoms with Gasteiger partial charge in [0.25, 0.3) is 0 Å². The first-order chi connectivity index (χ1) is 9.88. The highest BCUT2D eigenvalue weighted by Crippen LogP contribution is 2.51. The largest absolute Gasteiger partial charge is 0.115 e. The highest BCUT2D eigenvalue weighted by atomic mass is 31.1. The highest BCUT2D eigenvalue weighted by molar-refractivity contribution is 7.39. The molecule has 0 aromatic rings. The molecule has 0 nitrogen and oxygen atoms in total. The molecule has 2 fully saturated rings. The van der Waals surface area contributed by atoms with E-state index in [1.807, 2.05) is 0 Å². The molecule has 0 N–H and O–H groups in total. The third-order valence-corrected chi connectivity index (χ3v) is 8.66. The first-order valence-electron chi connectivity index (χ1n) is 9.64. The molecule has 7 atom stereocenters. The molecule has 0 aromatic carbocycles. The summed E-state index contributed by atoms with van der Waals surface area (Å²) in [6, 6.07) is 0. The monoisotopic (exact) mass is 310 g/mol. The van der Waals surface area contributed by atoms with E-state index in [1.165, 1.54) is 47.1 Å². The van der Waals surface area contributed by atoms with Crippen LogP contribution in [0.4, 0.5) is 0 Å². The minimum absolute atomic E-state index is 0.897. The minimum atomic E-state index is 0.897. The fourth-order valence-electron chi connectivity index (χ4n) is 5.06. The van der Waals surface area contributed by atoms with Crippen LogP contribution in [0.25, 0.3) is 0 Å². The standard InChI is InChI=1S/C20H39P/c1-13(2)17-9-7-15(5)11-19(17)21-20-12-16(6)8-10-18(20)14(3)4/h13-21H,7-12H2,1-6H3/t15-,16+,17+,18-,19?,20?. The summed E-state index contributed by atoms with van der Waals surface area (Å²) in [5.74, 6) is 5.79. The van der Waals surface area contributed by atoms with Crippen LogP contribution in [0.1, 0.15) is 80.1 Å². The Bertz CT molecular complexity index is 279. The molecular weight excluding hydrogens is 271 g/mol. The third kappa shape index (κ3) is 4.70. The summed E-state index contributed by atoms with van der Waals surface area (Å²) < 4.78 is 0. The topological polar surface area (TPSA) is 0 Å². The Hall–Kier alpha value is 0.430. The molecule has 2 aliphatic rings. The second-order valence-corrected chi connectivity index (χ2v) is 10.8. The summed E-state index contributed by atoms with van der Waals surface area (Å²) in [5, 5.41) is 0. The van der Waals surface area contributed by atoms with Crippen LogP contribution in [-0.4, -0.2) is 11.3 Å². The second-order valence-electron chi connectivity index (χ2n) is 9.03. The van der Waals surface area contributed by atoms with Crippen molar-refractivity contribution in [3.63, 3.8) is 0 Å². The van der Waals surface area contributed by atoms with Gasteiger partial charge in [0.2, 0.25) is 0 Å². The second kappa shape index (κ2) is 7.81. The van der Waals surface area contributed by atoms with Crippen molar-refractivity contribution >= 4 is 8.58 Å². The Labute approximate surface area is 136 Å². The van der Waals surface area contributed by atoms with Crippen molar-refractivity contribution in [1.82, 2.24) is 0 Å². The van der Waals surface area contributed by atoms with E-state index in [0.717, 1.165) is 46.8 Å². The average molecular weight is 311 g/mol. The predicted molar refractivity (Wildman–Crippen MR) is 98.6 cm³/mol. The van der Waals surface area contributed by atoms with Gasteiger partial charge in [-0.3, -0.25) is 0 Å². The molecule has 21 heavy (non-hydrogen) atoms. The smallest absolute Gasteiger partial charge is 0.0201 e. The highest BCUT2D eigenvalue weighted by Gasteiger charge is 2.37. The normalized spacial score (nSPS) is 42.3. The molecule has 0 spiro atoms. The van der Waals surface area contributed by atoms with E-state index in [2.05, 4.69) is 41.5 Å². The molecule has 3 unspecified atom stereocenters. The lowest BCUT2D eigenvalue weighted by Gasteiger charge is -2.44. The summed E-state index contributed by atoms with van der Waals surface area (Å²) >= 11 is 0. The van der Waals surface area contributed by atoms with E-state index in [0.29, 0.717) is 0 Å². The van der Waals surface area contributed by atoms with Gasteiger partial charge < -0.3 is 0 Å². The van der Waals surface area contributed by atoms with E-state index >= 15 is 0 Å². The molecule has 0 amide bonds. The molecule has 124 valence electrons.